The van der Waals surface area contributed by atoms with Crippen molar-refractivity contribution in [1.82, 2.24) is 5.32 Å². The molecule has 0 saturated carbocycles. The van der Waals surface area contributed by atoms with Crippen LogP contribution in [0.15, 0.2) is 16.6 Å². The molecule has 0 spiro atoms. The van der Waals surface area contributed by atoms with E-state index in [2.05, 4.69) is 47.2 Å². The number of benzene rings is 1. The molecule has 0 bridgehead atoms. The highest BCUT2D eigenvalue weighted by molar-refractivity contribution is 9.10. The highest BCUT2D eigenvalue weighted by Crippen LogP contribution is 2.37. The van der Waals surface area contributed by atoms with Crippen LogP contribution < -0.4 is 10.1 Å². The van der Waals surface area contributed by atoms with Gasteiger partial charge in [0.05, 0.1) is 6.61 Å². The molecule has 1 aromatic carbocycles. The maximum atomic E-state index is 5.79. The first-order chi connectivity index (χ1) is 8.26. The minimum atomic E-state index is 0.402. The summed E-state index contributed by atoms with van der Waals surface area (Å²) >= 11 is 3.60. The number of rotatable bonds is 5. The van der Waals surface area contributed by atoms with Crippen molar-refractivity contribution in [3.8, 4) is 5.75 Å². The second-order valence-corrected chi connectivity index (χ2v) is 5.41. The molecule has 1 aliphatic rings. The molecule has 0 aliphatic carbocycles. The monoisotopic (exact) mass is 297 g/mol. The molecule has 2 nitrogen and oxygen atoms in total. The molecule has 1 unspecified atom stereocenters. The lowest BCUT2D eigenvalue weighted by molar-refractivity contribution is 0.347. The van der Waals surface area contributed by atoms with E-state index in [9.17, 15) is 0 Å². The third-order valence-electron chi connectivity index (χ3n) is 3.20. The second-order valence-electron chi connectivity index (χ2n) is 4.50. The van der Waals surface area contributed by atoms with Crippen LogP contribution in [0.2, 0.25) is 0 Å². The molecule has 0 saturated heterocycles. The van der Waals surface area contributed by atoms with Crippen molar-refractivity contribution < 1.29 is 4.74 Å². The van der Waals surface area contributed by atoms with Crippen molar-refractivity contribution in [2.45, 2.75) is 39.2 Å². The SMILES string of the molecule is CCCNC(CC)c1cc(Br)cc2c1OCC2. The molecule has 0 amide bonds. The summed E-state index contributed by atoms with van der Waals surface area (Å²) in [6.07, 6.45) is 3.28. The summed E-state index contributed by atoms with van der Waals surface area (Å²) in [5, 5.41) is 3.59. The third kappa shape index (κ3) is 2.83. The van der Waals surface area contributed by atoms with Crippen LogP contribution in [0.5, 0.6) is 5.75 Å². The van der Waals surface area contributed by atoms with Gasteiger partial charge < -0.3 is 10.1 Å². The predicted molar refractivity (Wildman–Crippen MR) is 74.7 cm³/mol. The van der Waals surface area contributed by atoms with Crippen LogP contribution in [0, 0.1) is 0 Å². The average molecular weight is 298 g/mol. The van der Waals surface area contributed by atoms with Gasteiger partial charge in [-0.15, -0.1) is 0 Å². The summed E-state index contributed by atoms with van der Waals surface area (Å²) in [6, 6.07) is 4.78. The lowest BCUT2D eigenvalue weighted by atomic mass is 10.00. The summed E-state index contributed by atoms with van der Waals surface area (Å²) in [4.78, 5) is 0. The van der Waals surface area contributed by atoms with Crippen molar-refractivity contribution in [2.75, 3.05) is 13.2 Å². The van der Waals surface area contributed by atoms with Crippen LogP contribution in [0.25, 0.3) is 0 Å². The van der Waals surface area contributed by atoms with Gasteiger partial charge in [0.25, 0.3) is 0 Å². The molecule has 1 aliphatic heterocycles. The van der Waals surface area contributed by atoms with Gasteiger partial charge in [-0.3, -0.25) is 0 Å². The average Bonchev–Trinajstić information content (AvgIpc) is 2.77. The standard InChI is InChI=1S/C14H20BrNO/c1-3-6-16-13(4-2)12-9-11(15)8-10-5-7-17-14(10)12/h8-9,13,16H,3-7H2,1-2H3. The summed E-state index contributed by atoms with van der Waals surface area (Å²) in [6.45, 7) is 6.29. The Kier molecular flexibility index (Phi) is 4.46. The minimum Gasteiger partial charge on any atom is -0.493 e. The van der Waals surface area contributed by atoms with Crippen molar-refractivity contribution in [1.29, 1.82) is 0 Å². The van der Waals surface area contributed by atoms with Gasteiger partial charge in [0.1, 0.15) is 5.75 Å². The predicted octanol–water partition coefficient (Wildman–Crippen LogP) is 3.83. The van der Waals surface area contributed by atoms with Crippen molar-refractivity contribution >= 4 is 15.9 Å². The molecule has 0 radical (unpaired) electrons. The Morgan fingerprint density at radius 2 is 2.24 bits per heavy atom. The van der Waals surface area contributed by atoms with Gasteiger partial charge in [0, 0.05) is 22.5 Å². The normalized spacial score (nSPS) is 15.5. The molecular formula is C14H20BrNO. The van der Waals surface area contributed by atoms with Crippen LogP contribution in [0.3, 0.4) is 0 Å². The highest BCUT2D eigenvalue weighted by atomic mass is 79.9. The Morgan fingerprint density at radius 1 is 1.41 bits per heavy atom. The smallest absolute Gasteiger partial charge is 0.127 e. The molecule has 2 rings (SSSR count). The van der Waals surface area contributed by atoms with E-state index in [4.69, 9.17) is 4.74 Å². The lowest BCUT2D eigenvalue weighted by Gasteiger charge is -2.20. The molecule has 1 N–H and O–H groups in total. The summed E-state index contributed by atoms with van der Waals surface area (Å²) in [7, 11) is 0. The zero-order valence-electron chi connectivity index (χ0n) is 10.6. The summed E-state index contributed by atoms with van der Waals surface area (Å²) < 4.78 is 6.95. The fourth-order valence-electron chi connectivity index (χ4n) is 2.35. The zero-order chi connectivity index (χ0) is 12.3. The summed E-state index contributed by atoms with van der Waals surface area (Å²) in [5.41, 5.74) is 2.65. The molecule has 3 heteroatoms. The number of hydrogen-bond donors (Lipinski definition) is 1. The minimum absolute atomic E-state index is 0.402. The molecular weight excluding hydrogens is 278 g/mol. The van der Waals surface area contributed by atoms with Gasteiger partial charge in [-0.25, -0.2) is 0 Å². The topological polar surface area (TPSA) is 21.3 Å². The van der Waals surface area contributed by atoms with E-state index in [0.29, 0.717) is 6.04 Å². The molecule has 17 heavy (non-hydrogen) atoms. The molecule has 0 aromatic heterocycles. The maximum Gasteiger partial charge on any atom is 0.127 e. The first-order valence-corrected chi connectivity index (χ1v) is 7.24. The van der Waals surface area contributed by atoms with E-state index in [0.717, 1.165) is 42.6 Å². The first kappa shape index (κ1) is 12.9. The number of ether oxygens (including phenoxy) is 1. The van der Waals surface area contributed by atoms with Crippen LogP contribution in [-0.2, 0) is 6.42 Å². The van der Waals surface area contributed by atoms with E-state index < -0.39 is 0 Å². The quantitative estimate of drug-likeness (QED) is 0.892. The van der Waals surface area contributed by atoms with E-state index >= 15 is 0 Å². The molecule has 1 heterocycles. The number of fused-ring (bicyclic) bond motifs is 1. The number of halogens is 1. The molecule has 1 atom stereocenters. The van der Waals surface area contributed by atoms with E-state index in [1.807, 2.05) is 0 Å². The van der Waals surface area contributed by atoms with Crippen LogP contribution >= 0.6 is 15.9 Å². The second kappa shape index (κ2) is 5.87. The van der Waals surface area contributed by atoms with Crippen molar-refractivity contribution in [3.05, 3.63) is 27.7 Å². The molecule has 1 aromatic rings. The Labute approximate surface area is 112 Å². The maximum absolute atomic E-state index is 5.79. The van der Waals surface area contributed by atoms with Crippen molar-refractivity contribution in [3.63, 3.8) is 0 Å². The highest BCUT2D eigenvalue weighted by Gasteiger charge is 2.21. The first-order valence-electron chi connectivity index (χ1n) is 6.44. The van der Waals surface area contributed by atoms with E-state index in [1.165, 1.54) is 11.1 Å². The van der Waals surface area contributed by atoms with Crippen LogP contribution in [0.4, 0.5) is 0 Å². The number of nitrogens with one attached hydrogen (secondary N) is 1. The Bertz CT molecular complexity index is 392. The van der Waals surface area contributed by atoms with Gasteiger partial charge in [0.15, 0.2) is 0 Å². The van der Waals surface area contributed by atoms with Crippen molar-refractivity contribution in [2.24, 2.45) is 0 Å². The third-order valence-corrected chi connectivity index (χ3v) is 3.66. The fraction of sp³-hybridized carbons (Fsp3) is 0.571. The Morgan fingerprint density at radius 3 is 2.94 bits per heavy atom. The summed E-state index contributed by atoms with van der Waals surface area (Å²) in [5.74, 6) is 1.11. The van der Waals surface area contributed by atoms with Crippen LogP contribution in [0.1, 0.15) is 43.9 Å². The van der Waals surface area contributed by atoms with Crippen LogP contribution in [-0.4, -0.2) is 13.2 Å². The fourth-order valence-corrected chi connectivity index (χ4v) is 2.87. The molecule has 0 fully saturated rings. The Balaban J connectivity index is 2.29. The van der Waals surface area contributed by atoms with E-state index in [1.54, 1.807) is 0 Å². The molecule has 94 valence electrons. The largest absolute Gasteiger partial charge is 0.493 e. The lowest BCUT2D eigenvalue weighted by Crippen LogP contribution is -2.22. The Hall–Kier alpha value is -0.540. The van der Waals surface area contributed by atoms with E-state index in [-0.39, 0.29) is 0 Å². The van der Waals surface area contributed by atoms with Gasteiger partial charge >= 0.3 is 0 Å². The zero-order valence-corrected chi connectivity index (χ0v) is 12.1. The number of hydrogen-bond acceptors (Lipinski definition) is 2. The van der Waals surface area contributed by atoms with Gasteiger partial charge in [-0.1, -0.05) is 29.8 Å². The van der Waals surface area contributed by atoms with Gasteiger partial charge in [0.2, 0.25) is 0 Å². The van der Waals surface area contributed by atoms with Gasteiger partial charge in [-0.2, -0.15) is 0 Å². The van der Waals surface area contributed by atoms with Gasteiger partial charge in [-0.05, 0) is 37.1 Å².